The Morgan fingerprint density at radius 2 is 1.81 bits per heavy atom. The van der Waals surface area contributed by atoms with Gasteiger partial charge in [0, 0.05) is 23.3 Å². The molecule has 0 aromatic rings. The highest BCUT2D eigenvalue weighted by molar-refractivity contribution is 6.04. The smallest absolute Gasteiger partial charge is 0.407 e. The molecule has 0 saturated heterocycles. The molecule has 0 radical (unpaired) electrons. The summed E-state index contributed by atoms with van der Waals surface area (Å²) in [5, 5.41) is 12.6. The highest BCUT2D eigenvalue weighted by Crippen LogP contribution is 2.62. The van der Waals surface area contributed by atoms with Crippen LogP contribution in [0.5, 0.6) is 0 Å². The number of ketones is 2. The SMILES string of the molecule is CCNC(=O)OCCCC12CCC(C)C(C(=O)C=C3C(C)CCC4C(C)(C)C(=O)C(C#N)=CC34C)C1CC(C)(C)CC2. The fourth-order valence-electron chi connectivity index (χ4n) is 9.69. The van der Waals surface area contributed by atoms with E-state index in [1.54, 1.807) is 0 Å². The number of fused-ring (bicyclic) bond motifs is 2. The molecule has 1 N–H and O–H groups in total. The predicted molar refractivity (Wildman–Crippen MR) is 165 cm³/mol. The van der Waals surface area contributed by atoms with Crippen LogP contribution in [0.4, 0.5) is 4.79 Å². The lowest BCUT2D eigenvalue weighted by Crippen LogP contribution is -2.51. The third-order valence-corrected chi connectivity index (χ3v) is 12.0. The van der Waals surface area contributed by atoms with Gasteiger partial charge in [-0.05, 0) is 105 Å². The third kappa shape index (κ3) is 5.87. The Bertz CT molecular complexity index is 1190. The average Bonchev–Trinajstić information content (AvgIpc) is 2.91. The van der Waals surface area contributed by atoms with Crippen molar-refractivity contribution in [2.45, 2.75) is 113 Å². The van der Waals surface area contributed by atoms with Crippen LogP contribution in [0.15, 0.2) is 23.3 Å². The van der Waals surface area contributed by atoms with E-state index < -0.39 is 10.8 Å². The summed E-state index contributed by atoms with van der Waals surface area (Å²) in [6.45, 7) is 18.1. The normalized spacial score (nSPS) is 38.0. The van der Waals surface area contributed by atoms with E-state index >= 15 is 0 Å². The predicted octanol–water partition coefficient (Wildman–Crippen LogP) is 7.98. The fourth-order valence-corrected chi connectivity index (χ4v) is 9.69. The van der Waals surface area contributed by atoms with E-state index in [1.165, 1.54) is 0 Å². The van der Waals surface area contributed by atoms with Crippen molar-refractivity contribution in [2.75, 3.05) is 13.2 Å². The van der Waals surface area contributed by atoms with Crippen LogP contribution < -0.4 is 5.32 Å². The van der Waals surface area contributed by atoms with Gasteiger partial charge in [-0.15, -0.1) is 0 Å². The number of allylic oxidation sites excluding steroid dienone is 4. The molecule has 0 aliphatic heterocycles. The van der Waals surface area contributed by atoms with Crippen molar-refractivity contribution < 1.29 is 19.1 Å². The van der Waals surface area contributed by atoms with Crippen LogP contribution in [0, 0.1) is 62.6 Å². The van der Waals surface area contributed by atoms with E-state index in [1.807, 2.05) is 32.9 Å². The van der Waals surface area contributed by atoms with Crippen LogP contribution in [0.1, 0.15) is 113 Å². The lowest BCUT2D eigenvalue weighted by molar-refractivity contribution is -0.134. The number of nitrogens with one attached hydrogen (secondary N) is 1. The Hall–Kier alpha value is -2.42. The van der Waals surface area contributed by atoms with Crippen molar-refractivity contribution in [3.8, 4) is 6.07 Å². The van der Waals surface area contributed by atoms with Crippen LogP contribution in [0.3, 0.4) is 0 Å². The first-order chi connectivity index (χ1) is 19.6. The van der Waals surface area contributed by atoms with E-state index in [0.717, 1.165) is 63.4 Å². The lowest BCUT2D eigenvalue weighted by atomic mass is 9.47. The summed E-state index contributed by atoms with van der Waals surface area (Å²) >= 11 is 0. The van der Waals surface area contributed by atoms with Crippen molar-refractivity contribution >= 4 is 17.7 Å². The van der Waals surface area contributed by atoms with E-state index in [4.69, 9.17) is 4.74 Å². The minimum Gasteiger partial charge on any atom is -0.450 e. The third-order valence-electron chi connectivity index (χ3n) is 12.0. The zero-order valence-corrected chi connectivity index (χ0v) is 27.4. The van der Waals surface area contributed by atoms with Gasteiger partial charge in [0.2, 0.25) is 0 Å². The maximum absolute atomic E-state index is 14.6. The van der Waals surface area contributed by atoms with Crippen LogP contribution in [-0.4, -0.2) is 30.8 Å². The number of amides is 1. The monoisotopic (exact) mass is 578 g/mol. The maximum atomic E-state index is 14.6. The quantitative estimate of drug-likeness (QED) is 0.244. The average molecular weight is 579 g/mol. The van der Waals surface area contributed by atoms with Gasteiger partial charge < -0.3 is 10.1 Å². The van der Waals surface area contributed by atoms with Gasteiger partial charge in [0.05, 0.1) is 12.2 Å². The topological polar surface area (TPSA) is 96.3 Å². The Kier molecular flexibility index (Phi) is 9.23. The van der Waals surface area contributed by atoms with Crippen LogP contribution in [0.25, 0.3) is 0 Å². The number of alkyl carbamates (subject to hydrolysis) is 1. The molecule has 7 atom stereocenters. The number of Topliss-reactive ketones (excluding diaryl/α,β-unsaturated/α-hetero) is 1. The van der Waals surface area contributed by atoms with Crippen LogP contribution >= 0.6 is 0 Å². The number of carbonyl (C=O) groups excluding carboxylic acids is 3. The van der Waals surface area contributed by atoms with E-state index in [0.29, 0.717) is 19.1 Å². The molecule has 7 unspecified atom stereocenters. The molecule has 6 nitrogen and oxygen atoms in total. The number of hydrogen-bond acceptors (Lipinski definition) is 5. The molecule has 42 heavy (non-hydrogen) atoms. The largest absolute Gasteiger partial charge is 0.450 e. The summed E-state index contributed by atoms with van der Waals surface area (Å²) in [6, 6.07) is 2.18. The molecule has 0 aromatic heterocycles. The van der Waals surface area contributed by atoms with Gasteiger partial charge in [0.15, 0.2) is 11.6 Å². The molecular formula is C36H54N2O4. The number of hydrogen-bond donors (Lipinski definition) is 1. The molecule has 6 heteroatoms. The minimum atomic E-state index is -0.645. The summed E-state index contributed by atoms with van der Waals surface area (Å²) < 4.78 is 5.42. The standard InChI is InChI=1S/C36H54N2O4/c1-9-38-32(41)42-18-10-14-36-15-13-24(3)30(27(36)21-33(4,5)16-17-36)28(39)19-26-23(2)11-12-29-34(6,7)31(40)25(22-37)20-35(26,29)8/h19-20,23-24,27,29-30H,9-18,21H2,1-8H3,(H,38,41). The zero-order chi connectivity index (χ0) is 31.1. The first-order valence-corrected chi connectivity index (χ1v) is 16.5. The van der Waals surface area contributed by atoms with E-state index in [-0.39, 0.29) is 57.7 Å². The Labute approximate surface area is 254 Å². The molecular weight excluding hydrogens is 524 g/mol. The first kappa shape index (κ1) is 32.5. The second-order valence-corrected chi connectivity index (χ2v) is 15.7. The summed E-state index contributed by atoms with van der Waals surface area (Å²) in [6.07, 6.45) is 12.6. The number of nitriles is 1. The lowest BCUT2D eigenvalue weighted by Gasteiger charge is -2.57. The number of nitrogens with zero attached hydrogens (tertiary/aromatic N) is 1. The van der Waals surface area contributed by atoms with Crippen LogP contribution in [-0.2, 0) is 14.3 Å². The van der Waals surface area contributed by atoms with Gasteiger partial charge in [-0.2, -0.15) is 5.26 Å². The number of rotatable bonds is 7. The molecule has 3 saturated carbocycles. The van der Waals surface area contributed by atoms with Crippen molar-refractivity contribution in [3.63, 3.8) is 0 Å². The van der Waals surface area contributed by atoms with Crippen molar-refractivity contribution in [2.24, 2.45) is 51.2 Å². The molecule has 4 aliphatic rings. The van der Waals surface area contributed by atoms with Crippen molar-refractivity contribution in [3.05, 3.63) is 23.3 Å². The molecule has 0 heterocycles. The Morgan fingerprint density at radius 1 is 1.10 bits per heavy atom. The maximum Gasteiger partial charge on any atom is 0.407 e. The van der Waals surface area contributed by atoms with Crippen molar-refractivity contribution in [1.29, 1.82) is 5.26 Å². The molecule has 1 amide bonds. The summed E-state index contributed by atoms with van der Waals surface area (Å²) in [5.74, 6) is 0.974. The highest BCUT2D eigenvalue weighted by atomic mass is 16.5. The highest BCUT2D eigenvalue weighted by Gasteiger charge is 2.57. The Balaban J connectivity index is 1.67. The van der Waals surface area contributed by atoms with E-state index in [2.05, 4.69) is 46.0 Å². The van der Waals surface area contributed by atoms with Crippen molar-refractivity contribution in [1.82, 2.24) is 5.32 Å². The molecule has 4 aliphatic carbocycles. The van der Waals surface area contributed by atoms with Gasteiger partial charge >= 0.3 is 6.09 Å². The molecule has 0 spiro atoms. The summed E-state index contributed by atoms with van der Waals surface area (Å²) in [7, 11) is 0. The second-order valence-electron chi connectivity index (χ2n) is 15.7. The Morgan fingerprint density at radius 3 is 2.48 bits per heavy atom. The first-order valence-electron chi connectivity index (χ1n) is 16.5. The van der Waals surface area contributed by atoms with Gasteiger partial charge in [-0.25, -0.2) is 4.79 Å². The number of ether oxygens (including phenoxy) is 1. The van der Waals surface area contributed by atoms with Crippen LogP contribution in [0.2, 0.25) is 0 Å². The number of carbonyl (C=O) groups is 3. The van der Waals surface area contributed by atoms with Gasteiger partial charge in [0.25, 0.3) is 0 Å². The fraction of sp³-hybridized carbons (Fsp3) is 0.778. The summed E-state index contributed by atoms with van der Waals surface area (Å²) in [4.78, 5) is 39.7. The van der Waals surface area contributed by atoms with Gasteiger partial charge in [-0.3, -0.25) is 9.59 Å². The minimum absolute atomic E-state index is 0.0519. The molecule has 0 aromatic carbocycles. The van der Waals surface area contributed by atoms with Gasteiger partial charge in [-0.1, -0.05) is 60.1 Å². The molecule has 0 bridgehead atoms. The molecule has 4 rings (SSSR count). The van der Waals surface area contributed by atoms with E-state index in [9.17, 15) is 19.6 Å². The molecule has 232 valence electrons. The van der Waals surface area contributed by atoms with Gasteiger partial charge in [0.1, 0.15) is 6.07 Å². The summed E-state index contributed by atoms with van der Waals surface area (Å²) in [5.41, 5.74) is 0.469. The second kappa shape index (κ2) is 11.9. The zero-order valence-electron chi connectivity index (χ0n) is 27.4. The molecule has 3 fully saturated rings.